The van der Waals surface area contributed by atoms with Crippen molar-refractivity contribution in [3.8, 4) is 0 Å². The first kappa shape index (κ1) is 50.7. The lowest BCUT2D eigenvalue weighted by molar-refractivity contribution is -0.143. The molecule has 15 heteroatoms. The molecule has 0 spiro atoms. The van der Waals surface area contributed by atoms with Crippen LogP contribution < -0.4 is 21.3 Å². The molecule has 0 rings (SSSR count). The predicted molar refractivity (Wildman–Crippen MR) is 206 cm³/mol. The monoisotopic (exact) mass is 773 g/mol. The largest absolute Gasteiger partial charge is 0.481 e. The van der Waals surface area contributed by atoms with Gasteiger partial charge in [-0.15, -0.1) is 0 Å². The summed E-state index contributed by atoms with van der Waals surface area (Å²) in [7, 11) is 0. The highest BCUT2D eigenvalue weighted by atomic mass is 16.5. The quantitative estimate of drug-likeness (QED) is 0.0473. The van der Waals surface area contributed by atoms with Gasteiger partial charge in [0.2, 0.25) is 23.6 Å². The van der Waals surface area contributed by atoms with E-state index in [0.717, 1.165) is 38.5 Å². The summed E-state index contributed by atoms with van der Waals surface area (Å²) in [5.41, 5.74) is 0. The molecule has 0 aliphatic rings. The van der Waals surface area contributed by atoms with E-state index in [1.807, 2.05) is 0 Å². The molecule has 15 nitrogen and oxygen atoms in total. The average molecular weight is 773 g/mol. The first-order valence-electron chi connectivity index (χ1n) is 20.4. The van der Waals surface area contributed by atoms with Crippen LogP contribution >= 0.6 is 0 Å². The van der Waals surface area contributed by atoms with Crippen LogP contribution in [-0.2, 0) is 43.0 Å². The van der Waals surface area contributed by atoms with Gasteiger partial charge >= 0.3 is 11.9 Å². The number of carbonyl (C=O) groups is 6. The zero-order valence-electron chi connectivity index (χ0n) is 33.2. The number of rotatable bonds is 39. The van der Waals surface area contributed by atoms with Crippen LogP contribution in [0.2, 0.25) is 0 Å². The van der Waals surface area contributed by atoms with Gasteiger partial charge in [-0.3, -0.25) is 24.0 Å². The van der Waals surface area contributed by atoms with Gasteiger partial charge < -0.3 is 45.7 Å². The van der Waals surface area contributed by atoms with E-state index in [1.165, 1.54) is 70.6 Å². The molecule has 314 valence electrons. The molecule has 54 heavy (non-hydrogen) atoms. The van der Waals surface area contributed by atoms with Crippen molar-refractivity contribution in [1.82, 2.24) is 21.3 Å². The van der Waals surface area contributed by atoms with Crippen LogP contribution in [-0.4, -0.2) is 111 Å². The maximum absolute atomic E-state index is 13.0. The fraction of sp³-hybridized carbons (Fsp3) is 0.846. The summed E-state index contributed by atoms with van der Waals surface area (Å²) in [6.07, 6.45) is 18.7. The molecule has 0 aromatic rings. The zero-order valence-corrected chi connectivity index (χ0v) is 33.2. The Hall–Kier alpha value is -3.30. The van der Waals surface area contributed by atoms with Gasteiger partial charge in [0.1, 0.15) is 18.7 Å². The molecule has 0 saturated heterocycles. The van der Waals surface area contributed by atoms with Crippen molar-refractivity contribution in [3.05, 3.63) is 0 Å². The van der Waals surface area contributed by atoms with Crippen molar-refractivity contribution >= 4 is 35.6 Å². The van der Waals surface area contributed by atoms with E-state index in [9.17, 15) is 33.9 Å². The molecule has 0 radical (unpaired) electrons. The highest BCUT2D eigenvalue weighted by Gasteiger charge is 2.24. The lowest BCUT2D eigenvalue weighted by atomic mass is 10.1. The number of hydrogen-bond acceptors (Lipinski definition) is 9. The fourth-order valence-corrected chi connectivity index (χ4v) is 5.52. The molecular formula is C39H72N4O11. The van der Waals surface area contributed by atoms with Gasteiger partial charge in [-0.1, -0.05) is 110 Å². The highest BCUT2D eigenvalue weighted by molar-refractivity contribution is 5.92. The number of ether oxygens (including phenoxy) is 3. The van der Waals surface area contributed by atoms with Gasteiger partial charge in [0.05, 0.1) is 32.8 Å². The number of unbranched alkanes of at least 4 members (excludes halogenated alkanes) is 15. The topological polar surface area (TPSA) is 219 Å². The summed E-state index contributed by atoms with van der Waals surface area (Å²) in [4.78, 5) is 72.7. The molecule has 0 unspecified atom stereocenters. The fourth-order valence-electron chi connectivity index (χ4n) is 5.52. The summed E-state index contributed by atoms with van der Waals surface area (Å²) in [6.45, 7) is 6.30. The number of hydrogen-bond donors (Lipinski definition) is 6. The van der Waals surface area contributed by atoms with Crippen molar-refractivity contribution in [2.45, 2.75) is 161 Å². The molecular weight excluding hydrogens is 700 g/mol. The van der Waals surface area contributed by atoms with E-state index in [2.05, 4.69) is 35.1 Å². The molecule has 0 aromatic heterocycles. The summed E-state index contributed by atoms with van der Waals surface area (Å²) in [6, 6.07) is -2.56. The summed E-state index contributed by atoms with van der Waals surface area (Å²) < 4.78 is 16.4. The lowest BCUT2D eigenvalue weighted by Crippen LogP contribution is -2.50. The van der Waals surface area contributed by atoms with Gasteiger partial charge in [-0.2, -0.15) is 0 Å². The summed E-state index contributed by atoms with van der Waals surface area (Å²) in [5.74, 6) is -4.96. The van der Waals surface area contributed by atoms with Gasteiger partial charge in [-0.25, -0.2) is 4.79 Å². The van der Waals surface area contributed by atoms with Crippen LogP contribution in [0.1, 0.15) is 149 Å². The lowest BCUT2D eigenvalue weighted by Gasteiger charge is -2.19. The van der Waals surface area contributed by atoms with Crippen molar-refractivity contribution in [3.63, 3.8) is 0 Å². The van der Waals surface area contributed by atoms with Crippen molar-refractivity contribution < 1.29 is 53.2 Å². The Balaban J connectivity index is 4.64. The number of amides is 4. The molecule has 0 saturated carbocycles. The van der Waals surface area contributed by atoms with E-state index in [1.54, 1.807) is 0 Å². The van der Waals surface area contributed by atoms with Crippen molar-refractivity contribution in [2.24, 2.45) is 0 Å². The van der Waals surface area contributed by atoms with Crippen molar-refractivity contribution in [2.75, 3.05) is 52.7 Å². The third-order valence-corrected chi connectivity index (χ3v) is 8.69. The smallest absolute Gasteiger partial charge is 0.326 e. The Bertz CT molecular complexity index is 1020. The van der Waals surface area contributed by atoms with Crippen LogP contribution in [0.4, 0.5) is 0 Å². The van der Waals surface area contributed by atoms with E-state index in [4.69, 9.17) is 19.3 Å². The number of carboxylic acids is 2. The minimum atomic E-state index is -1.38. The third kappa shape index (κ3) is 33.3. The van der Waals surface area contributed by atoms with Crippen LogP contribution in [0.25, 0.3) is 0 Å². The van der Waals surface area contributed by atoms with Gasteiger partial charge in [0.25, 0.3) is 0 Å². The Labute approximate surface area is 323 Å². The minimum absolute atomic E-state index is 0.155. The zero-order chi connectivity index (χ0) is 40.1. The second-order valence-electron chi connectivity index (χ2n) is 13.7. The van der Waals surface area contributed by atoms with Gasteiger partial charge in [-0.05, 0) is 19.3 Å². The predicted octanol–water partition coefficient (Wildman–Crippen LogP) is 4.64. The molecule has 0 aliphatic carbocycles. The van der Waals surface area contributed by atoms with Gasteiger partial charge in [0.15, 0.2) is 0 Å². The van der Waals surface area contributed by atoms with Crippen LogP contribution in [0, 0.1) is 0 Å². The summed E-state index contributed by atoms with van der Waals surface area (Å²) >= 11 is 0. The van der Waals surface area contributed by atoms with Gasteiger partial charge in [0, 0.05) is 32.5 Å². The molecule has 2 atom stereocenters. The van der Waals surface area contributed by atoms with Crippen LogP contribution in [0.5, 0.6) is 0 Å². The molecule has 0 aromatic carbocycles. The van der Waals surface area contributed by atoms with E-state index in [-0.39, 0.29) is 39.2 Å². The Morgan fingerprint density at radius 1 is 0.500 bits per heavy atom. The van der Waals surface area contributed by atoms with E-state index >= 15 is 0 Å². The third-order valence-electron chi connectivity index (χ3n) is 8.69. The molecule has 4 amide bonds. The maximum atomic E-state index is 13.0. The number of carbonyl (C=O) groups excluding carboxylic acids is 4. The molecule has 6 N–H and O–H groups in total. The van der Waals surface area contributed by atoms with Crippen LogP contribution in [0.15, 0.2) is 0 Å². The Morgan fingerprint density at radius 3 is 1.56 bits per heavy atom. The molecule has 0 heterocycles. The van der Waals surface area contributed by atoms with E-state index in [0.29, 0.717) is 26.4 Å². The van der Waals surface area contributed by atoms with Crippen molar-refractivity contribution in [1.29, 1.82) is 0 Å². The number of nitrogens with one attached hydrogen (secondary N) is 4. The molecule has 0 fully saturated rings. The van der Waals surface area contributed by atoms with Crippen LogP contribution in [0.3, 0.4) is 0 Å². The first-order valence-corrected chi connectivity index (χ1v) is 20.4. The average Bonchev–Trinajstić information content (AvgIpc) is 3.13. The summed E-state index contributed by atoms with van der Waals surface area (Å²) in [5, 5.41) is 28.1. The molecule has 0 aliphatic heterocycles. The minimum Gasteiger partial charge on any atom is -0.481 e. The maximum Gasteiger partial charge on any atom is 0.326 e. The standard InChI is InChI=1S/C39H72N4O11/c1-3-5-7-9-10-11-12-13-14-15-16-18-23-41-38(49)33(30-35(45)40-24-22-34(44)42-32(39(50)51)20-21-37(47)48)43-36(46)31-54-29-28-53-27-26-52-25-19-17-8-6-4-2/h32-33H,3-31H2,1-2H3,(H,40,45)(H,41,49)(H,42,44)(H,43,46)(H,47,48)(H,50,51)/t32-,33-/m0/s1. The normalized spacial score (nSPS) is 12.1. The van der Waals surface area contributed by atoms with E-state index < -0.39 is 60.5 Å². The number of carboxylic acid groups (broad SMARTS) is 2. The first-order chi connectivity index (χ1) is 26.1. The second-order valence-corrected chi connectivity index (χ2v) is 13.7. The molecule has 0 bridgehead atoms. The highest BCUT2D eigenvalue weighted by Crippen LogP contribution is 2.12. The SMILES string of the molecule is CCCCCCCCCCCCCCNC(=O)[C@H](CC(=O)NCCC(=O)N[C@@H](CCC(=O)O)C(=O)O)NC(=O)COCCOCCOCCCCCCC. The Morgan fingerprint density at radius 2 is 1.00 bits per heavy atom. The Kier molecular flexibility index (Phi) is 34.4. The second kappa shape index (κ2) is 36.7. The number of aliphatic carboxylic acids is 2.